The Morgan fingerprint density at radius 3 is 2.42 bits per heavy atom. The molecular weight excluding hydrogens is 248 g/mol. The predicted molar refractivity (Wildman–Crippen MR) is 69.2 cm³/mol. The summed E-state index contributed by atoms with van der Waals surface area (Å²) in [5, 5.41) is 8.58. The summed E-state index contributed by atoms with van der Waals surface area (Å²) in [6, 6.07) is 6.98. The van der Waals surface area contributed by atoms with Gasteiger partial charge in [-0.25, -0.2) is 4.79 Å². The lowest BCUT2D eigenvalue weighted by atomic mass is 9.95. The summed E-state index contributed by atoms with van der Waals surface area (Å²) in [4.78, 5) is 23.5. The minimum absolute atomic E-state index is 0.287. The molecule has 1 aromatic rings. The van der Waals surface area contributed by atoms with E-state index >= 15 is 0 Å². The number of anilines is 1. The van der Waals surface area contributed by atoms with Gasteiger partial charge in [-0.2, -0.15) is 0 Å². The highest BCUT2D eigenvalue weighted by molar-refractivity contribution is 5.93. The average Bonchev–Trinajstić information content (AvgIpc) is 2.33. The number of carbonyl (C=O) groups excluding carboxylic acids is 1. The number of carboxylic acids is 1. The fourth-order valence-corrected chi connectivity index (χ4v) is 2.11. The second-order valence-corrected chi connectivity index (χ2v) is 4.90. The fraction of sp³-hybridized carbons (Fsp3) is 0.385. The number of carbonyl (C=O) groups is 2. The number of rotatable bonds is 5. The van der Waals surface area contributed by atoms with Gasteiger partial charge in [0.2, 0.25) is 5.91 Å². The van der Waals surface area contributed by atoms with E-state index in [-0.39, 0.29) is 6.61 Å². The zero-order chi connectivity index (χ0) is 14.0. The summed E-state index contributed by atoms with van der Waals surface area (Å²) < 4.78 is 5.33. The molecule has 0 saturated carbocycles. The van der Waals surface area contributed by atoms with E-state index in [1.807, 2.05) is 24.0 Å². The van der Waals surface area contributed by atoms with Crippen LogP contribution in [0.3, 0.4) is 0 Å². The maximum atomic E-state index is 11.0. The van der Waals surface area contributed by atoms with Crippen LogP contribution in [0.2, 0.25) is 0 Å². The van der Waals surface area contributed by atoms with Gasteiger partial charge in [-0.1, -0.05) is 0 Å². The maximum Gasteiger partial charge on any atom is 0.329 e. The van der Waals surface area contributed by atoms with Gasteiger partial charge in [0.05, 0.1) is 0 Å². The van der Waals surface area contributed by atoms with Crippen LogP contribution in [0.5, 0.6) is 0 Å². The van der Waals surface area contributed by atoms with Gasteiger partial charge < -0.3 is 20.5 Å². The summed E-state index contributed by atoms with van der Waals surface area (Å²) in [5.41, 5.74) is 6.17. The van der Waals surface area contributed by atoms with Crippen molar-refractivity contribution in [2.45, 2.75) is 12.5 Å². The third-order valence-electron chi connectivity index (χ3n) is 3.11. The van der Waals surface area contributed by atoms with Crippen LogP contribution in [0.4, 0.5) is 5.69 Å². The number of primary amides is 1. The van der Waals surface area contributed by atoms with Crippen molar-refractivity contribution in [2.75, 3.05) is 24.6 Å². The molecule has 102 valence electrons. The lowest BCUT2D eigenvalue weighted by molar-refractivity contribution is -0.150. The van der Waals surface area contributed by atoms with Crippen molar-refractivity contribution in [1.29, 1.82) is 0 Å². The zero-order valence-electron chi connectivity index (χ0n) is 10.6. The first-order valence-electron chi connectivity index (χ1n) is 5.90. The summed E-state index contributed by atoms with van der Waals surface area (Å²) >= 11 is 0. The van der Waals surface area contributed by atoms with Crippen LogP contribution in [0.1, 0.15) is 17.3 Å². The number of amides is 1. The number of benzene rings is 1. The second kappa shape index (κ2) is 4.89. The molecular formula is C13H16N2O4. The Bertz CT molecular complexity index is 492. The molecule has 0 unspecified atom stereocenters. The van der Waals surface area contributed by atoms with Crippen molar-refractivity contribution in [3.63, 3.8) is 0 Å². The van der Waals surface area contributed by atoms with Crippen LogP contribution in [0, 0.1) is 0 Å². The van der Waals surface area contributed by atoms with Gasteiger partial charge in [-0.15, -0.1) is 0 Å². The highest BCUT2D eigenvalue weighted by atomic mass is 16.5. The molecule has 0 radical (unpaired) electrons. The van der Waals surface area contributed by atoms with Crippen LogP contribution in [-0.2, 0) is 9.53 Å². The van der Waals surface area contributed by atoms with Crippen molar-refractivity contribution < 1.29 is 19.4 Å². The molecule has 1 aromatic carbocycles. The van der Waals surface area contributed by atoms with E-state index in [2.05, 4.69) is 0 Å². The molecule has 2 rings (SSSR count). The quantitative estimate of drug-likeness (QED) is 0.806. The van der Waals surface area contributed by atoms with E-state index in [0.29, 0.717) is 18.7 Å². The molecule has 3 N–H and O–H groups in total. The lowest BCUT2D eigenvalue weighted by Gasteiger charge is -2.48. The number of ether oxygens (including phenoxy) is 1. The van der Waals surface area contributed by atoms with E-state index in [1.165, 1.54) is 0 Å². The molecule has 0 bridgehead atoms. The largest absolute Gasteiger partial charge is 0.480 e. The minimum atomic E-state index is -0.967. The van der Waals surface area contributed by atoms with Crippen molar-refractivity contribution in [3.8, 4) is 0 Å². The van der Waals surface area contributed by atoms with E-state index in [1.54, 1.807) is 12.1 Å². The first kappa shape index (κ1) is 13.4. The second-order valence-electron chi connectivity index (χ2n) is 4.90. The Morgan fingerprint density at radius 2 is 1.95 bits per heavy atom. The first-order valence-corrected chi connectivity index (χ1v) is 5.90. The van der Waals surface area contributed by atoms with E-state index < -0.39 is 17.5 Å². The molecule has 19 heavy (non-hydrogen) atoms. The SMILES string of the molecule is CC1(OCC(=O)O)CN(c2ccc(C(N)=O)cc2)C1. The fourth-order valence-electron chi connectivity index (χ4n) is 2.11. The standard InChI is InChI=1S/C13H16N2O4/c1-13(19-6-11(16)17)7-15(8-13)10-4-2-9(3-5-10)12(14)18/h2-5H,6-8H2,1H3,(H2,14,18)(H,16,17). The van der Waals surface area contributed by atoms with Gasteiger partial charge in [0.25, 0.3) is 0 Å². The average molecular weight is 264 g/mol. The molecule has 0 spiro atoms. The van der Waals surface area contributed by atoms with Crippen LogP contribution < -0.4 is 10.6 Å². The van der Waals surface area contributed by atoms with Crippen LogP contribution >= 0.6 is 0 Å². The van der Waals surface area contributed by atoms with Crippen molar-refractivity contribution in [1.82, 2.24) is 0 Å². The Labute approximate surface area is 110 Å². The Balaban J connectivity index is 1.92. The number of nitrogens with two attached hydrogens (primary N) is 1. The van der Waals surface area contributed by atoms with Gasteiger partial charge in [0, 0.05) is 24.3 Å². The highest BCUT2D eigenvalue weighted by Crippen LogP contribution is 2.30. The summed E-state index contributed by atoms with van der Waals surface area (Å²) in [6.07, 6.45) is 0. The van der Waals surface area contributed by atoms with Crippen molar-refractivity contribution in [2.24, 2.45) is 5.73 Å². The Morgan fingerprint density at radius 1 is 1.37 bits per heavy atom. The smallest absolute Gasteiger partial charge is 0.329 e. The van der Waals surface area contributed by atoms with Crippen LogP contribution in [-0.4, -0.2) is 42.3 Å². The van der Waals surface area contributed by atoms with Gasteiger partial charge >= 0.3 is 5.97 Å². The van der Waals surface area contributed by atoms with Gasteiger partial charge in [-0.05, 0) is 31.2 Å². The normalized spacial score (nSPS) is 16.8. The monoisotopic (exact) mass is 264 g/mol. The summed E-state index contributed by atoms with van der Waals surface area (Å²) in [7, 11) is 0. The zero-order valence-corrected chi connectivity index (χ0v) is 10.6. The number of nitrogens with zero attached hydrogens (tertiary/aromatic N) is 1. The third kappa shape index (κ3) is 3.03. The Kier molecular flexibility index (Phi) is 3.44. The Hall–Kier alpha value is -2.08. The molecule has 6 heteroatoms. The van der Waals surface area contributed by atoms with Crippen LogP contribution in [0.25, 0.3) is 0 Å². The molecule has 1 fully saturated rings. The molecule has 1 saturated heterocycles. The van der Waals surface area contributed by atoms with E-state index in [4.69, 9.17) is 15.6 Å². The molecule has 0 atom stereocenters. The predicted octanol–water partition coefficient (Wildman–Crippen LogP) is 0.465. The topological polar surface area (TPSA) is 92.9 Å². The lowest BCUT2D eigenvalue weighted by Crippen LogP contribution is -2.62. The number of hydrogen-bond acceptors (Lipinski definition) is 4. The van der Waals surface area contributed by atoms with Crippen molar-refractivity contribution in [3.05, 3.63) is 29.8 Å². The minimum Gasteiger partial charge on any atom is -0.480 e. The molecule has 1 amide bonds. The molecule has 6 nitrogen and oxygen atoms in total. The maximum absolute atomic E-state index is 11.0. The highest BCUT2D eigenvalue weighted by Gasteiger charge is 2.40. The van der Waals surface area contributed by atoms with E-state index in [0.717, 1.165) is 5.69 Å². The van der Waals surface area contributed by atoms with Crippen LogP contribution in [0.15, 0.2) is 24.3 Å². The number of carboxylic acid groups (broad SMARTS) is 1. The first-order chi connectivity index (χ1) is 8.89. The number of aliphatic carboxylic acids is 1. The van der Waals surface area contributed by atoms with Gasteiger partial charge in [-0.3, -0.25) is 4.79 Å². The van der Waals surface area contributed by atoms with E-state index in [9.17, 15) is 9.59 Å². The van der Waals surface area contributed by atoms with Crippen molar-refractivity contribution >= 4 is 17.6 Å². The van der Waals surface area contributed by atoms with Gasteiger partial charge in [0.15, 0.2) is 0 Å². The number of hydrogen-bond donors (Lipinski definition) is 2. The molecule has 1 aliphatic heterocycles. The molecule has 1 aliphatic rings. The third-order valence-corrected chi connectivity index (χ3v) is 3.11. The summed E-state index contributed by atoms with van der Waals surface area (Å²) in [5.74, 6) is -1.42. The van der Waals surface area contributed by atoms with Gasteiger partial charge in [0.1, 0.15) is 12.2 Å². The molecule has 0 aliphatic carbocycles. The molecule has 1 heterocycles. The molecule has 0 aromatic heterocycles. The summed E-state index contributed by atoms with van der Waals surface area (Å²) in [6.45, 7) is 2.83.